The average Bonchev–Trinajstić information content (AvgIpc) is 2.37. The molecule has 0 bridgehead atoms. The summed E-state index contributed by atoms with van der Waals surface area (Å²) in [5.41, 5.74) is 0.639. The molecular weight excluding hydrogens is 242 g/mol. The van der Waals surface area contributed by atoms with E-state index in [-0.39, 0.29) is 6.10 Å². The van der Waals surface area contributed by atoms with E-state index in [0.717, 1.165) is 5.75 Å². The lowest BCUT2D eigenvalue weighted by Crippen LogP contribution is -2.12. The second-order valence-electron chi connectivity index (χ2n) is 4.10. The van der Waals surface area contributed by atoms with Gasteiger partial charge in [0, 0.05) is 5.69 Å². The highest BCUT2D eigenvalue weighted by Gasteiger charge is 2.05. The van der Waals surface area contributed by atoms with Crippen LogP contribution in [0, 0.1) is 0 Å². The standard InChI is InChI=1S/C15H19NO3/c1-5-13(6-2)19-15(17)16-12-7-9-14(10-8-12)18-11(3)4/h5-11H,1H2,2-4H3,(H,16,17)/b13-6+. The van der Waals surface area contributed by atoms with Gasteiger partial charge in [-0.3, -0.25) is 5.32 Å². The van der Waals surface area contributed by atoms with E-state index in [1.807, 2.05) is 13.8 Å². The van der Waals surface area contributed by atoms with Crippen molar-refractivity contribution in [2.24, 2.45) is 0 Å². The van der Waals surface area contributed by atoms with Gasteiger partial charge in [0.1, 0.15) is 11.5 Å². The molecule has 4 heteroatoms. The van der Waals surface area contributed by atoms with E-state index in [1.54, 1.807) is 37.3 Å². The average molecular weight is 261 g/mol. The number of nitrogens with one attached hydrogen (secondary N) is 1. The molecule has 0 aliphatic rings. The molecule has 1 aromatic carbocycles. The van der Waals surface area contributed by atoms with E-state index in [2.05, 4.69) is 11.9 Å². The summed E-state index contributed by atoms with van der Waals surface area (Å²) in [4.78, 5) is 11.6. The zero-order valence-electron chi connectivity index (χ0n) is 11.5. The second-order valence-corrected chi connectivity index (χ2v) is 4.10. The van der Waals surface area contributed by atoms with E-state index in [4.69, 9.17) is 9.47 Å². The summed E-state index contributed by atoms with van der Waals surface area (Å²) in [5.74, 6) is 1.17. The van der Waals surface area contributed by atoms with Gasteiger partial charge in [0.15, 0.2) is 0 Å². The van der Waals surface area contributed by atoms with Crippen molar-refractivity contribution in [3.05, 3.63) is 48.8 Å². The molecule has 0 unspecified atom stereocenters. The van der Waals surface area contributed by atoms with Gasteiger partial charge in [-0.15, -0.1) is 0 Å². The first kappa shape index (κ1) is 14.8. The highest BCUT2D eigenvalue weighted by atomic mass is 16.6. The van der Waals surface area contributed by atoms with Crippen LogP contribution < -0.4 is 10.1 Å². The largest absolute Gasteiger partial charge is 0.491 e. The summed E-state index contributed by atoms with van der Waals surface area (Å²) in [6.45, 7) is 9.22. The van der Waals surface area contributed by atoms with Crippen molar-refractivity contribution in [1.82, 2.24) is 0 Å². The Hall–Kier alpha value is -2.23. The molecule has 0 saturated carbocycles. The first-order valence-corrected chi connectivity index (χ1v) is 6.09. The van der Waals surface area contributed by atoms with Gasteiger partial charge in [0.2, 0.25) is 0 Å². The fraction of sp³-hybridized carbons (Fsp3) is 0.267. The molecule has 0 aromatic heterocycles. The molecule has 0 spiro atoms. The van der Waals surface area contributed by atoms with Crippen molar-refractivity contribution >= 4 is 11.8 Å². The maximum absolute atomic E-state index is 11.6. The molecule has 0 atom stereocenters. The molecule has 19 heavy (non-hydrogen) atoms. The molecule has 0 aliphatic carbocycles. The van der Waals surface area contributed by atoms with E-state index < -0.39 is 6.09 Å². The van der Waals surface area contributed by atoms with Gasteiger partial charge in [-0.05, 0) is 57.2 Å². The van der Waals surface area contributed by atoms with Crippen molar-refractivity contribution in [3.63, 3.8) is 0 Å². The highest BCUT2D eigenvalue weighted by Crippen LogP contribution is 2.17. The van der Waals surface area contributed by atoms with Crippen LogP contribution in [-0.4, -0.2) is 12.2 Å². The molecule has 1 aromatic rings. The van der Waals surface area contributed by atoms with Gasteiger partial charge < -0.3 is 9.47 Å². The molecule has 0 radical (unpaired) electrons. The number of ether oxygens (including phenoxy) is 2. The van der Waals surface area contributed by atoms with Crippen molar-refractivity contribution in [2.45, 2.75) is 26.9 Å². The van der Waals surface area contributed by atoms with Crippen LogP contribution in [0.5, 0.6) is 5.75 Å². The minimum Gasteiger partial charge on any atom is -0.491 e. The topological polar surface area (TPSA) is 47.6 Å². The third-order valence-corrected chi connectivity index (χ3v) is 2.17. The smallest absolute Gasteiger partial charge is 0.417 e. The minimum absolute atomic E-state index is 0.119. The maximum Gasteiger partial charge on any atom is 0.417 e. The van der Waals surface area contributed by atoms with E-state index in [9.17, 15) is 4.79 Å². The SMILES string of the molecule is C=C/C(=C\C)OC(=O)Nc1ccc(OC(C)C)cc1. The number of carbonyl (C=O) groups is 1. The van der Waals surface area contributed by atoms with Crippen LogP contribution in [-0.2, 0) is 4.74 Å². The second kappa shape index (κ2) is 7.26. The number of hydrogen-bond acceptors (Lipinski definition) is 3. The number of allylic oxidation sites excluding steroid dienone is 2. The minimum atomic E-state index is -0.550. The van der Waals surface area contributed by atoms with Crippen molar-refractivity contribution < 1.29 is 14.3 Å². The third-order valence-electron chi connectivity index (χ3n) is 2.17. The molecule has 1 amide bonds. The number of hydrogen-bond donors (Lipinski definition) is 1. The van der Waals surface area contributed by atoms with Gasteiger partial charge in [-0.2, -0.15) is 0 Å². The monoisotopic (exact) mass is 261 g/mol. The molecular formula is C15H19NO3. The Morgan fingerprint density at radius 2 is 1.95 bits per heavy atom. The fourth-order valence-electron chi connectivity index (χ4n) is 1.36. The molecule has 0 saturated heterocycles. The quantitative estimate of drug-likeness (QED) is 0.641. The van der Waals surface area contributed by atoms with Crippen LogP contribution in [0.3, 0.4) is 0 Å². The predicted octanol–water partition coefficient (Wildman–Crippen LogP) is 4.11. The van der Waals surface area contributed by atoms with Crippen LogP contribution >= 0.6 is 0 Å². The van der Waals surface area contributed by atoms with Crippen molar-refractivity contribution in [3.8, 4) is 5.75 Å². The summed E-state index contributed by atoms with van der Waals surface area (Å²) >= 11 is 0. The van der Waals surface area contributed by atoms with Crippen molar-refractivity contribution in [1.29, 1.82) is 0 Å². The number of benzene rings is 1. The third kappa shape index (κ3) is 5.29. The van der Waals surface area contributed by atoms with Gasteiger partial charge in [-0.25, -0.2) is 4.79 Å². The van der Waals surface area contributed by atoms with Gasteiger partial charge in [0.25, 0.3) is 0 Å². The maximum atomic E-state index is 11.6. The van der Waals surface area contributed by atoms with Crippen LogP contribution in [0.4, 0.5) is 10.5 Å². The lowest BCUT2D eigenvalue weighted by Gasteiger charge is -2.10. The molecule has 1 rings (SSSR count). The first-order chi connectivity index (χ1) is 9.05. The molecule has 0 heterocycles. The number of carbonyl (C=O) groups excluding carboxylic acids is 1. The molecule has 1 N–H and O–H groups in total. The summed E-state index contributed by atoms with van der Waals surface area (Å²) in [7, 11) is 0. The first-order valence-electron chi connectivity index (χ1n) is 6.09. The van der Waals surface area contributed by atoms with Gasteiger partial charge in [0.05, 0.1) is 6.10 Å². The highest BCUT2D eigenvalue weighted by molar-refractivity contribution is 5.85. The molecule has 4 nitrogen and oxygen atoms in total. The fourth-order valence-corrected chi connectivity index (χ4v) is 1.36. The molecule has 0 fully saturated rings. The lowest BCUT2D eigenvalue weighted by molar-refractivity contribution is 0.194. The van der Waals surface area contributed by atoms with Crippen LogP contribution in [0.25, 0.3) is 0 Å². The zero-order valence-corrected chi connectivity index (χ0v) is 11.5. The summed E-state index contributed by atoms with van der Waals surface area (Å²) in [6, 6.07) is 7.09. The number of rotatable bonds is 5. The summed E-state index contributed by atoms with van der Waals surface area (Å²) in [5, 5.41) is 2.62. The number of anilines is 1. The zero-order chi connectivity index (χ0) is 14.3. The Bertz CT molecular complexity index is 461. The Morgan fingerprint density at radius 3 is 2.42 bits per heavy atom. The molecule has 102 valence electrons. The van der Waals surface area contributed by atoms with Crippen LogP contribution in [0.15, 0.2) is 48.8 Å². The Balaban J connectivity index is 2.58. The Kier molecular flexibility index (Phi) is 5.67. The summed E-state index contributed by atoms with van der Waals surface area (Å²) < 4.78 is 10.5. The van der Waals surface area contributed by atoms with E-state index in [0.29, 0.717) is 11.4 Å². The van der Waals surface area contributed by atoms with Gasteiger partial charge >= 0.3 is 6.09 Å². The molecule has 0 aliphatic heterocycles. The normalized spacial score (nSPS) is 11.1. The number of amides is 1. The van der Waals surface area contributed by atoms with Crippen LogP contribution in [0.1, 0.15) is 20.8 Å². The Labute approximate surface area is 113 Å². The van der Waals surface area contributed by atoms with E-state index in [1.165, 1.54) is 6.08 Å². The predicted molar refractivity (Wildman–Crippen MR) is 76.3 cm³/mol. The lowest BCUT2D eigenvalue weighted by atomic mass is 10.3. The van der Waals surface area contributed by atoms with E-state index >= 15 is 0 Å². The van der Waals surface area contributed by atoms with Crippen LogP contribution in [0.2, 0.25) is 0 Å². The summed E-state index contributed by atoms with van der Waals surface area (Å²) in [6.07, 6.45) is 2.70. The van der Waals surface area contributed by atoms with Crippen molar-refractivity contribution in [2.75, 3.05) is 5.32 Å². The Morgan fingerprint density at radius 1 is 1.32 bits per heavy atom. The van der Waals surface area contributed by atoms with Gasteiger partial charge in [-0.1, -0.05) is 6.58 Å².